The summed E-state index contributed by atoms with van der Waals surface area (Å²) in [6, 6.07) is 8.37. The summed E-state index contributed by atoms with van der Waals surface area (Å²) in [5, 5.41) is 3.91. The Labute approximate surface area is 133 Å². The van der Waals surface area contributed by atoms with Gasteiger partial charge in [0.05, 0.1) is 5.69 Å². The number of hydrogen-bond donors (Lipinski definition) is 1. The predicted octanol–water partition coefficient (Wildman–Crippen LogP) is 4.43. The molecule has 1 aliphatic carbocycles. The molecule has 0 aliphatic heterocycles. The van der Waals surface area contributed by atoms with Gasteiger partial charge in [0.15, 0.2) is 0 Å². The molecule has 1 N–H and O–H groups in total. The Morgan fingerprint density at radius 1 is 1.38 bits per heavy atom. The van der Waals surface area contributed by atoms with Gasteiger partial charge in [0.25, 0.3) is 0 Å². The first-order valence-electron chi connectivity index (χ1n) is 7.01. The molecule has 1 aromatic carbocycles. The van der Waals surface area contributed by atoms with Crippen molar-refractivity contribution in [1.82, 2.24) is 4.37 Å². The van der Waals surface area contributed by atoms with Crippen LogP contribution in [-0.4, -0.2) is 16.5 Å². The Morgan fingerprint density at radius 3 is 2.62 bits per heavy atom. The summed E-state index contributed by atoms with van der Waals surface area (Å²) in [4.78, 5) is 13.3. The molecule has 1 saturated carbocycles. The van der Waals surface area contributed by atoms with Crippen molar-refractivity contribution in [1.29, 1.82) is 0 Å². The number of carbonyl (C=O) groups excluding carboxylic acids is 1. The monoisotopic (exact) mass is 318 g/mol. The second-order valence-electron chi connectivity index (χ2n) is 5.52. The zero-order chi connectivity index (χ0) is 15.0. The van der Waals surface area contributed by atoms with E-state index >= 15 is 0 Å². The van der Waals surface area contributed by atoms with E-state index in [0.717, 1.165) is 28.2 Å². The zero-order valence-corrected chi connectivity index (χ0v) is 14.0. The number of amides is 1. The van der Waals surface area contributed by atoms with Crippen molar-refractivity contribution in [2.24, 2.45) is 11.8 Å². The van der Waals surface area contributed by atoms with E-state index in [-0.39, 0.29) is 11.8 Å². The first kappa shape index (κ1) is 14.6. The lowest BCUT2D eigenvalue weighted by Crippen LogP contribution is -2.14. The summed E-state index contributed by atoms with van der Waals surface area (Å²) in [5.41, 5.74) is 3.12. The Morgan fingerprint density at radius 2 is 2.05 bits per heavy atom. The maximum Gasteiger partial charge on any atom is 0.228 e. The van der Waals surface area contributed by atoms with Crippen LogP contribution in [0.2, 0.25) is 0 Å². The van der Waals surface area contributed by atoms with Crippen LogP contribution in [0.5, 0.6) is 0 Å². The first-order valence-corrected chi connectivity index (χ1v) is 9.01. The number of anilines is 1. The van der Waals surface area contributed by atoms with E-state index in [1.807, 2.05) is 6.92 Å². The number of nitrogens with one attached hydrogen (secondary N) is 1. The topological polar surface area (TPSA) is 42.0 Å². The molecular weight excluding hydrogens is 300 g/mol. The Kier molecular flexibility index (Phi) is 4.04. The van der Waals surface area contributed by atoms with Crippen LogP contribution in [0.15, 0.2) is 29.2 Å². The Hall–Kier alpha value is -1.33. The lowest BCUT2D eigenvalue weighted by atomic mass is 10.1. The molecule has 3 rings (SSSR count). The van der Waals surface area contributed by atoms with E-state index in [1.54, 1.807) is 11.8 Å². The highest BCUT2D eigenvalue weighted by Gasteiger charge is 2.39. The number of thioether (sulfide) groups is 1. The molecule has 0 unspecified atom stereocenters. The highest BCUT2D eigenvalue weighted by atomic mass is 32.2. The molecule has 0 radical (unpaired) electrons. The van der Waals surface area contributed by atoms with Crippen LogP contribution in [0.4, 0.5) is 5.00 Å². The summed E-state index contributed by atoms with van der Waals surface area (Å²) in [6.45, 7) is 4.13. The van der Waals surface area contributed by atoms with E-state index in [2.05, 4.69) is 47.1 Å². The fourth-order valence-electron chi connectivity index (χ4n) is 2.36. The van der Waals surface area contributed by atoms with Crippen LogP contribution < -0.4 is 5.32 Å². The highest BCUT2D eigenvalue weighted by Crippen LogP contribution is 2.40. The molecular formula is C16H18N2OS2. The minimum absolute atomic E-state index is 0.138. The molecule has 110 valence electrons. The maximum absolute atomic E-state index is 12.0. The number of carbonyl (C=O) groups is 1. The van der Waals surface area contributed by atoms with Gasteiger partial charge in [-0.1, -0.05) is 19.1 Å². The summed E-state index contributed by atoms with van der Waals surface area (Å²) in [6.07, 6.45) is 3.07. The summed E-state index contributed by atoms with van der Waals surface area (Å²) < 4.78 is 4.51. The minimum Gasteiger partial charge on any atom is -0.316 e. The third kappa shape index (κ3) is 2.99. The Bertz CT molecular complexity index is 663. The second kappa shape index (κ2) is 5.81. The number of benzene rings is 1. The summed E-state index contributed by atoms with van der Waals surface area (Å²) >= 11 is 3.09. The molecule has 1 heterocycles. The van der Waals surface area contributed by atoms with E-state index in [9.17, 15) is 4.79 Å². The van der Waals surface area contributed by atoms with Gasteiger partial charge < -0.3 is 5.32 Å². The predicted molar refractivity (Wildman–Crippen MR) is 90.0 cm³/mol. The number of hydrogen-bond acceptors (Lipinski definition) is 4. The van der Waals surface area contributed by atoms with Gasteiger partial charge in [0, 0.05) is 21.9 Å². The van der Waals surface area contributed by atoms with Gasteiger partial charge >= 0.3 is 0 Å². The SMILES string of the molecule is CSc1ccc(-c2nsc(NC(=O)[C@@H]3C[C@H]3C)c2C)cc1. The van der Waals surface area contributed by atoms with Crippen LogP contribution in [0.3, 0.4) is 0 Å². The molecule has 1 aliphatic rings. The van der Waals surface area contributed by atoms with Crippen molar-refractivity contribution in [2.75, 3.05) is 11.6 Å². The molecule has 5 heteroatoms. The molecule has 2 atom stereocenters. The molecule has 21 heavy (non-hydrogen) atoms. The van der Waals surface area contributed by atoms with Crippen LogP contribution in [-0.2, 0) is 4.79 Å². The van der Waals surface area contributed by atoms with Crippen LogP contribution in [0.1, 0.15) is 18.9 Å². The van der Waals surface area contributed by atoms with Crippen LogP contribution in [0.25, 0.3) is 11.3 Å². The largest absolute Gasteiger partial charge is 0.316 e. The maximum atomic E-state index is 12.0. The molecule has 2 aromatic rings. The van der Waals surface area contributed by atoms with Gasteiger partial charge in [-0.05, 0) is 49.2 Å². The molecule has 0 saturated heterocycles. The third-order valence-electron chi connectivity index (χ3n) is 3.97. The molecule has 1 fully saturated rings. The molecule has 1 aromatic heterocycles. The van der Waals surface area contributed by atoms with Gasteiger partial charge in [0.2, 0.25) is 5.91 Å². The van der Waals surface area contributed by atoms with Gasteiger partial charge in [-0.3, -0.25) is 4.79 Å². The average Bonchev–Trinajstić information content (AvgIpc) is 3.13. The number of nitrogens with zero attached hydrogens (tertiary/aromatic N) is 1. The normalized spacial score (nSPS) is 20.3. The van der Waals surface area contributed by atoms with Gasteiger partial charge in [0.1, 0.15) is 5.00 Å². The Balaban J connectivity index is 1.79. The van der Waals surface area contributed by atoms with E-state index in [1.165, 1.54) is 16.4 Å². The summed E-state index contributed by atoms with van der Waals surface area (Å²) in [7, 11) is 0. The van der Waals surface area contributed by atoms with Crippen molar-refractivity contribution >= 4 is 34.2 Å². The van der Waals surface area contributed by atoms with E-state index in [4.69, 9.17) is 0 Å². The van der Waals surface area contributed by atoms with Crippen LogP contribution >= 0.6 is 23.3 Å². The van der Waals surface area contributed by atoms with Crippen molar-refractivity contribution < 1.29 is 4.79 Å². The lowest BCUT2D eigenvalue weighted by molar-refractivity contribution is -0.117. The molecule has 3 nitrogen and oxygen atoms in total. The minimum atomic E-state index is 0.138. The fourth-order valence-corrected chi connectivity index (χ4v) is 3.58. The average molecular weight is 318 g/mol. The quantitative estimate of drug-likeness (QED) is 0.848. The van der Waals surface area contributed by atoms with Gasteiger partial charge in [-0.15, -0.1) is 11.8 Å². The smallest absolute Gasteiger partial charge is 0.228 e. The van der Waals surface area contributed by atoms with E-state index in [0.29, 0.717) is 5.92 Å². The van der Waals surface area contributed by atoms with Crippen molar-refractivity contribution in [3.63, 3.8) is 0 Å². The highest BCUT2D eigenvalue weighted by molar-refractivity contribution is 7.98. The molecule has 0 bridgehead atoms. The fraction of sp³-hybridized carbons (Fsp3) is 0.375. The van der Waals surface area contributed by atoms with Gasteiger partial charge in [-0.25, -0.2) is 0 Å². The number of rotatable bonds is 4. The molecule has 1 amide bonds. The third-order valence-corrected chi connectivity index (χ3v) is 5.58. The number of aromatic nitrogens is 1. The van der Waals surface area contributed by atoms with Crippen molar-refractivity contribution in [3.8, 4) is 11.3 Å². The van der Waals surface area contributed by atoms with Gasteiger partial charge in [-0.2, -0.15) is 4.37 Å². The zero-order valence-electron chi connectivity index (χ0n) is 12.3. The second-order valence-corrected chi connectivity index (χ2v) is 7.18. The lowest BCUT2D eigenvalue weighted by Gasteiger charge is -2.04. The summed E-state index contributed by atoms with van der Waals surface area (Å²) in [5.74, 6) is 0.853. The van der Waals surface area contributed by atoms with Crippen LogP contribution in [0, 0.1) is 18.8 Å². The standard InChI is InChI=1S/C16H18N2OS2/c1-9-8-13(9)15(19)17-16-10(2)14(18-21-16)11-4-6-12(20-3)7-5-11/h4-7,9,13H,8H2,1-3H3,(H,17,19)/t9-,13-/m1/s1. The molecule has 0 spiro atoms. The van der Waals surface area contributed by atoms with Crippen molar-refractivity contribution in [2.45, 2.75) is 25.2 Å². The van der Waals surface area contributed by atoms with Crippen molar-refractivity contribution in [3.05, 3.63) is 29.8 Å². The van der Waals surface area contributed by atoms with E-state index < -0.39 is 0 Å². The first-order chi connectivity index (χ1) is 10.1.